The molecule has 3 heterocycles. The molecule has 282 valence electrons. The lowest BCUT2D eigenvalue weighted by Gasteiger charge is -2.42. The zero-order valence-corrected chi connectivity index (χ0v) is 32.6. The van der Waals surface area contributed by atoms with Gasteiger partial charge in [-0.1, -0.05) is 152 Å². The molecular formula is C53H35N7. The lowest BCUT2D eigenvalue weighted by atomic mass is 9.60. The molecule has 0 spiro atoms. The van der Waals surface area contributed by atoms with Crippen molar-refractivity contribution in [1.82, 2.24) is 34.5 Å². The second-order valence-corrected chi connectivity index (χ2v) is 15.5. The minimum atomic E-state index is 0.0510. The maximum absolute atomic E-state index is 5.22. The maximum Gasteiger partial charge on any atom is 0.164 e. The van der Waals surface area contributed by atoms with Crippen molar-refractivity contribution in [3.8, 4) is 68.3 Å². The third-order valence-corrected chi connectivity index (χ3v) is 12.1. The molecule has 7 heteroatoms. The first-order chi connectivity index (χ1) is 29.6. The van der Waals surface area contributed by atoms with E-state index < -0.39 is 0 Å². The predicted molar refractivity (Wildman–Crippen MR) is 237 cm³/mol. The number of nitrogens with zero attached hydrogens (tertiary/aromatic N) is 7. The molecule has 0 aliphatic heterocycles. The van der Waals surface area contributed by atoms with Crippen molar-refractivity contribution in [2.45, 2.75) is 11.8 Å². The molecule has 10 aromatic rings. The standard InChI is InChI=1S/C53H35N7/c1-60-46-24-14-13-23-43(46)56-53(60)45-31-44(54-49(55-45)32-15-5-2-6-16-32)35-25-27-39-41(29-35)47-37-21-11-12-22-38(37)48(39)42-30-36(26-28-40(42)47)52-58-50(33-17-7-3-8-18-33)57-51(59-52)34-19-9-4-10-20-34/h2-31,47-48H,1H3. The van der Waals surface area contributed by atoms with Crippen LogP contribution in [0.4, 0.5) is 0 Å². The second kappa shape index (κ2) is 13.6. The van der Waals surface area contributed by atoms with Gasteiger partial charge in [0.15, 0.2) is 29.1 Å². The first-order valence-electron chi connectivity index (χ1n) is 20.2. The number of fused-ring (bicyclic) bond motifs is 1. The fourth-order valence-corrected chi connectivity index (χ4v) is 9.25. The highest BCUT2D eigenvalue weighted by Crippen LogP contribution is 2.56. The molecule has 3 aliphatic carbocycles. The number of rotatable bonds is 6. The Morgan fingerprint density at radius 2 is 0.767 bits per heavy atom. The highest BCUT2D eigenvalue weighted by Gasteiger charge is 2.41. The van der Waals surface area contributed by atoms with E-state index in [2.05, 4.69) is 96.5 Å². The Morgan fingerprint density at radius 1 is 0.333 bits per heavy atom. The van der Waals surface area contributed by atoms with Crippen molar-refractivity contribution in [1.29, 1.82) is 0 Å². The third-order valence-electron chi connectivity index (χ3n) is 12.1. The monoisotopic (exact) mass is 769 g/mol. The summed E-state index contributed by atoms with van der Waals surface area (Å²) in [5.41, 5.74) is 16.4. The van der Waals surface area contributed by atoms with Gasteiger partial charge in [-0.15, -0.1) is 0 Å². The van der Waals surface area contributed by atoms with Gasteiger partial charge < -0.3 is 4.57 Å². The fraction of sp³-hybridized carbons (Fsp3) is 0.0566. The molecule has 2 unspecified atom stereocenters. The summed E-state index contributed by atoms with van der Waals surface area (Å²) >= 11 is 0. The Hall–Kier alpha value is -7.90. The smallest absolute Gasteiger partial charge is 0.164 e. The Bertz CT molecular complexity index is 3230. The minimum absolute atomic E-state index is 0.0510. The zero-order chi connectivity index (χ0) is 39.7. The maximum atomic E-state index is 5.22. The summed E-state index contributed by atoms with van der Waals surface area (Å²) in [6, 6.07) is 63.4. The number of aryl methyl sites for hydroxylation is 1. The summed E-state index contributed by atoms with van der Waals surface area (Å²) in [5, 5.41) is 0. The van der Waals surface area contributed by atoms with Crippen LogP contribution in [0.3, 0.4) is 0 Å². The van der Waals surface area contributed by atoms with Crippen molar-refractivity contribution < 1.29 is 0 Å². The van der Waals surface area contributed by atoms with Gasteiger partial charge in [-0.2, -0.15) is 0 Å². The van der Waals surface area contributed by atoms with E-state index in [0.717, 1.165) is 56.1 Å². The molecule has 60 heavy (non-hydrogen) atoms. The Kier molecular flexibility index (Phi) is 7.75. The molecule has 2 atom stereocenters. The number of hydrogen-bond acceptors (Lipinski definition) is 6. The van der Waals surface area contributed by atoms with Crippen molar-refractivity contribution in [3.05, 3.63) is 215 Å². The number of aromatic nitrogens is 7. The van der Waals surface area contributed by atoms with Gasteiger partial charge in [0.2, 0.25) is 0 Å². The number of para-hydroxylation sites is 2. The van der Waals surface area contributed by atoms with Crippen LogP contribution < -0.4 is 0 Å². The summed E-state index contributed by atoms with van der Waals surface area (Å²) in [4.78, 5) is 30.5. The molecule has 3 aliphatic rings. The summed E-state index contributed by atoms with van der Waals surface area (Å²) in [6.45, 7) is 0. The van der Waals surface area contributed by atoms with Gasteiger partial charge in [-0.3, -0.25) is 0 Å². The number of benzene rings is 7. The van der Waals surface area contributed by atoms with Crippen molar-refractivity contribution >= 4 is 11.0 Å². The summed E-state index contributed by atoms with van der Waals surface area (Å²) in [6.07, 6.45) is 0. The van der Waals surface area contributed by atoms with Crippen LogP contribution in [0.5, 0.6) is 0 Å². The molecule has 3 aromatic heterocycles. The fourth-order valence-electron chi connectivity index (χ4n) is 9.25. The lowest BCUT2D eigenvalue weighted by Crippen LogP contribution is -2.27. The van der Waals surface area contributed by atoms with E-state index >= 15 is 0 Å². The third kappa shape index (κ3) is 5.51. The molecule has 0 saturated heterocycles. The van der Waals surface area contributed by atoms with Gasteiger partial charge in [-0.05, 0) is 63.7 Å². The van der Waals surface area contributed by atoms with Crippen LogP contribution in [0.2, 0.25) is 0 Å². The first-order valence-corrected chi connectivity index (χ1v) is 20.2. The van der Waals surface area contributed by atoms with Crippen LogP contribution in [-0.2, 0) is 7.05 Å². The molecule has 0 amide bonds. The van der Waals surface area contributed by atoms with E-state index in [1.165, 1.54) is 33.4 Å². The summed E-state index contributed by atoms with van der Waals surface area (Å²) in [5.74, 6) is 3.54. The predicted octanol–water partition coefficient (Wildman–Crippen LogP) is 11.5. The van der Waals surface area contributed by atoms with Crippen LogP contribution in [-0.4, -0.2) is 34.5 Å². The molecular weight excluding hydrogens is 735 g/mol. The highest BCUT2D eigenvalue weighted by molar-refractivity contribution is 5.82. The largest absolute Gasteiger partial charge is 0.326 e. The van der Waals surface area contributed by atoms with Gasteiger partial charge in [0, 0.05) is 46.7 Å². The quantitative estimate of drug-likeness (QED) is 0.167. The normalized spacial score (nSPS) is 14.8. The molecule has 7 nitrogen and oxygen atoms in total. The summed E-state index contributed by atoms with van der Waals surface area (Å²) < 4.78 is 2.12. The van der Waals surface area contributed by atoms with Crippen LogP contribution in [0.1, 0.15) is 45.2 Å². The molecule has 0 radical (unpaired) electrons. The van der Waals surface area contributed by atoms with E-state index in [1.807, 2.05) is 97.1 Å². The van der Waals surface area contributed by atoms with Crippen molar-refractivity contribution in [2.24, 2.45) is 7.05 Å². The van der Waals surface area contributed by atoms with Crippen LogP contribution in [0.15, 0.2) is 182 Å². The van der Waals surface area contributed by atoms with Crippen molar-refractivity contribution in [2.75, 3.05) is 0 Å². The minimum Gasteiger partial charge on any atom is -0.326 e. The van der Waals surface area contributed by atoms with Gasteiger partial charge >= 0.3 is 0 Å². The molecule has 7 aromatic carbocycles. The van der Waals surface area contributed by atoms with Gasteiger partial charge in [0.05, 0.1) is 16.7 Å². The van der Waals surface area contributed by atoms with E-state index in [-0.39, 0.29) is 11.8 Å². The van der Waals surface area contributed by atoms with E-state index in [4.69, 9.17) is 29.9 Å². The number of imidazole rings is 1. The Morgan fingerprint density at radius 3 is 1.33 bits per heavy atom. The Balaban J connectivity index is 0.996. The average Bonchev–Trinajstić information content (AvgIpc) is 3.67. The van der Waals surface area contributed by atoms with E-state index in [0.29, 0.717) is 23.3 Å². The summed E-state index contributed by atoms with van der Waals surface area (Å²) in [7, 11) is 2.05. The molecule has 0 N–H and O–H groups in total. The molecule has 0 fully saturated rings. The van der Waals surface area contributed by atoms with Gasteiger partial charge in [-0.25, -0.2) is 29.9 Å². The topological polar surface area (TPSA) is 82.3 Å². The molecule has 2 bridgehead atoms. The lowest BCUT2D eigenvalue weighted by molar-refractivity contribution is 0.754. The van der Waals surface area contributed by atoms with Gasteiger partial charge in [0.25, 0.3) is 0 Å². The molecule has 0 saturated carbocycles. The zero-order valence-electron chi connectivity index (χ0n) is 32.6. The number of hydrogen-bond donors (Lipinski definition) is 0. The van der Waals surface area contributed by atoms with Crippen molar-refractivity contribution in [3.63, 3.8) is 0 Å². The van der Waals surface area contributed by atoms with E-state index in [1.54, 1.807) is 0 Å². The Labute approximate surface area is 346 Å². The second-order valence-electron chi connectivity index (χ2n) is 15.5. The van der Waals surface area contributed by atoms with Gasteiger partial charge in [0.1, 0.15) is 5.69 Å². The van der Waals surface area contributed by atoms with E-state index in [9.17, 15) is 0 Å². The highest BCUT2D eigenvalue weighted by atomic mass is 15.1. The molecule has 13 rings (SSSR count). The first kappa shape index (κ1) is 34.2. The van der Waals surface area contributed by atoms with Crippen LogP contribution in [0.25, 0.3) is 79.4 Å². The average molecular weight is 770 g/mol. The SMILES string of the molecule is Cn1c(-c2cc(-c3ccc4c(c3)C3c5ccccc5C4c4cc(-c5nc(-c6ccccc6)nc(-c6ccccc6)n5)ccc43)nc(-c3ccccc3)n2)nc2ccccc21. The van der Waals surface area contributed by atoms with Crippen LogP contribution in [0, 0.1) is 0 Å². The van der Waals surface area contributed by atoms with Crippen LogP contribution >= 0.6 is 0 Å².